The van der Waals surface area contributed by atoms with Crippen LogP contribution in [0.25, 0.3) is 0 Å². The highest BCUT2D eigenvalue weighted by molar-refractivity contribution is 5.91. The lowest BCUT2D eigenvalue weighted by molar-refractivity contribution is -0.134. The normalized spacial score (nSPS) is 10.5. The van der Waals surface area contributed by atoms with Gasteiger partial charge in [0.1, 0.15) is 5.75 Å². The molecule has 0 fully saturated rings. The Balaban J connectivity index is 1.94. The Morgan fingerprint density at radius 3 is 2.20 bits per heavy atom. The second-order valence-corrected chi connectivity index (χ2v) is 6.86. The molecule has 0 atom stereocenters. The summed E-state index contributed by atoms with van der Waals surface area (Å²) in [6.07, 6.45) is 0.0473. The molecule has 0 aromatic heterocycles. The number of amides is 1. The second kappa shape index (κ2) is 11.1. The number of carbonyl (C=O) groups excluding carboxylic acids is 2. The van der Waals surface area contributed by atoms with Crippen molar-refractivity contribution in [3.05, 3.63) is 53.6 Å². The molecule has 0 heterocycles. The smallest absolute Gasteiger partial charge is 0.338 e. The third-order valence-electron chi connectivity index (χ3n) is 4.34. The van der Waals surface area contributed by atoms with Crippen LogP contribution in [0.2, 0.25) is 0 Å². The van der Waals surface area contributed by atoms with Crippen LogP contribution in [0, 0.1) is 0 Å². The van der Waals surface area contributed by atoms with Crippen molar-refractivity contribution in [2.75, 3.05) is 27.4 Å². The largest absolute Gasteiger partial charge is 0.493 e. The maximum atomic E-state index is 12.5. The van der Waals surface area contributed by atoms with Gasteiger partial charge in [-0.25, -0.2) is 4.79 Å². The number of likely N-dealkylation sites (N-methyl/N-ethyl adjacent to an activating group) is 1. The summed E-state index contributed by atoms with van der Waals surface area (Å²) in [6.45, 7) is 6.24. The number of hydrogen-bond acceptors (Lipinski definition) is 6. The van der Waals surface area contributed by atoms with E-state index in [-0.39, 0.29) is 18.6 Å². The average molecular weight is 415 g/mol. The van der Waals surface area contributed by atoms with E-state index in [1.807, 2.05) is 32.9 Å². The van der Waals surface area contributed by atoms with Crippen LogP contribution in [-0.4, -0.2) is 50.3 Å². The third kappa shape index (κ3) is 6.40. The molecule has 0 spiro atoms. The van der Waals surface area contributed by atoms with Gasteiger partial charge in [-0.3, -0.25) is 4.79 Å². The number of nitrogens with zero attached hydrogens (tertiary/aromatic N) is 1. The maximum absolute atomic E-state index is 12.5. The Labute approximate surface area is 177 Å². The molecule has 0 aliphatic carbocycles. The zero-order valence-electron chi connectivity index (χ0n) is 18.1. The summed E-state index contributed by atoms with van der Waals surface area (Å²) in [5.41, 5.74) is 1.25. The second-order valence-electron chi connectivity index (χ2n) is 6.86. The molecule has 0 unspecified atom stereocenters. The quantitative estimate of drug-likeness (QED) is 0.551. The fourth-order valence-corrected chi connectivity index (χ4v) is 2.82. The van der Waals surface area contributed by atoms with Gasteiger partial charge in [0.05, 0.1) is 25.9 Å². The zero-order valence-corrected chi connectivity index (χ0v) is 18.1. The van der Waals surface area contributed by atoms with E-state index in [9.17, 15) is 9.59 Å². The highest BCUT2D eigenvalue weighted by Gasteiger charge is 2.17. The Morgan fingerprint density at radius 1 is 0.967 bits per heavy atom. The summed E-state index contributed by atoms with van der Waals surface area (Å²) >= 11 is 0. The van der Waals surface area contributed by atoms with E-state index in [0.717, 1.165) is 5.56 Å². The lowest BCUT2D eigenvalue weighted by atomic mass is 10.2. The number of rotatable bonds is 10. The van der Waals surface area contributed by atoms with Gasteiger partial charge in [-0.1, -0.05) is 6.07 Å². The summed E-state index contributed by atoms with van der Waals surface area (Å²) in [4.78, 5) is 26.4. The van der Waals surface area contributed by atoms with Gasteiger partial charge >= 0.3 is 5.97 Å². The molecule has 30 heavy (non-hydrogen) atoms. The Kier molecular flexibility index (Phi) is 8.53. The molecule has 2 rings (SSSR count). The number of benzene rings is 2. The van der Waals surface area contributed by atoms with E-state index in [0.29, 0.717) is 35.9 Å². The molecule has 0 radical (unpaired) electrons. The average Bonchev–Trinajstić information content (AvgIpc) is 2.75. The first-order chi connectivity index (χ1) is 14.4. The topological polar surface area (TPSA) is 74.3 Å². The third-order valence-corrected chi connectivity index (χ3v) is 4.34. The summed E-state index contributed by atoms with van der Waals surface area (Å²) in [7, 11) is 3.13. The standard InChI is InChI=1S/C23H29NO6/c1-6-24(14-17-7-12-20(27-4)21(13-17)28-5)22(25)15-29-23(26)18-8-10-19(11-9-18)30-16(2)3/h7-13,16H,6,14-15H2,1-5H3. The number of hydrogen-bond donors (Lipinski definition) is 0. The molecule has 7 nitrogen and oxygen atoms in total. The number of ether oxygens (including phenoxy) is 4. The maximum Gasteiger partial charge on any atom is 0.338 e. The van der Waals surface area contributed by atoms with Gasteiger partial charge in [0.15, 0.2) is 18.1 Å². The van der Waals surface area contributed by atoms with Crippen LogP contribution >= 0.6 is 0 Å². The van der Waals surface area contributed by atoms with Crippen LogP contribution in [0.1, 0.15) is 36.7 Å². The molecule has 162 valence electrons. The van der Waals surface area contributed by atoms with Crippen molar-refractivity contribution in [2.45, 2.75) is 33.4 Å². The summed E-state index contributed by atoms with van der Waals surface area (Å²) in [6, 6.07) is 12.1. The Morgan fingerprint density at radius 2 is 1.63 bits per heavy atom. The van der Waals surface area contributed by atoms with Crippen LogP contribution in [0.4, 0.5) is 0 Å². The van der Waals surface area contributed by atoms with E-state index in [4.69, 9.17) is 18.9 Å². The SMILES string of the molecule is CCN(Cc1ccc(OC)c(OC)c1)C(=O)COC(=O)c1ccc(OC(C)C)cc1. The molecule has 2 aromatic carbocycles. The summed E-state index contributed by atoms with van der Waals surface area (Å²) in [5, 5.41) is 0. The van der Waals surface area contributed by atoms with Crippen molar-refractivity contribution < 1.29 is 28.5 Å². The Bertz CT molecular complexity index is 847. The van der Waals surface area contributed by atoms with Crippen LogP contribution in [0.5, 0.6) is 17.2 Å². The molecule has 0 saturated heterocycles. The minimum absolute atomic E-state index is 0.0473. The van der Waals surface area contributed by atoms with E-state index in [1.165, 1.54) is 0 Å². The molecular weight excluding hydrogens is 386 g/mol. The van der Waals surface area contributed by atoms with E-state index < -0.39 is 5.97 Å². The number of methoxy groups -OCH3 is 2. The molecular formula is C23H29NO6. The first kappa shape index (κ1) is 23.1. The van der Waals surface area contributed by atoms with Gasteiger partial charge < -0.3 is 23.8 Å². The molecule has 2 aromatic rings. The molecule has 0 bridgehead atoms. The van der Waals surface area contributed by atoms with E-state index in [2.05, 4.69) is 0 Å². The van der Waals surface area contributed by atoms with E-state index in [1.54, 1.807) is 49.5 Å². The molecule has 0 N–H and O–H groups in total. The summed E-state index contributed by atoms with van der Waals surface area (Å²) in [5.74, 6) is 1.05. The predicted molar refractivity (Wildman–Crippen MR) is 113 cm³/mol. The minimum Gasteiger partial charge on any atom is -0.493 e. The predicted octanol–water partition coefficient (Wildman–Crippen LogP) is 3.70. The lowest BCUT2D eigenvalue weighted by Gasteiger charge is -2.21. The highest BCUT2D eigenvalue weighted by atomic mass is 16.5. The van der Waals surface area contributed by atoms with Crippen LogP contribution in [0.15, 0.2) is 42.5 Å². The number of carbonyl (C=O) groups is 2. The van der Waals surface area contributed by atoms with Crippen molar-refractivity contribution >= 4 is 11.9 Å². The number of esters is 1. The van der Waals surface area contributed by atoms with Gasteiger partial charge in [0.25, 0.3) is 5.91 Å². The van der Waals surface area contributed by atoms with Gasteiger partial charge in [-0.2, -0.15) is 0 Å². The van der Waals surface area contributed by atoms with Crippen molar-refractivity contribution in [1.82, 2.24) is 4.90 Å². The lowest BCUT2D eigenvalue weighted by Crippen LogP contribution is -2.34. The van der Waals surface area contributed by atoms with Gasteiger partial charge in [0, 0.05) is 13.1 Å². The van der Waals surface area contributed by atoms with Crippen molar-refractivity contribution in [1.29, 1.82) is 0 Å². The first-order valence-electron chi connectivity index (χ1n) is 9.80. The van der Waals surface area contributed by atoms with Gasteiger partial charge in [-0.05, 0) is 62.7 Å². The molecule has 0 saturated carbocycles. The van der Waals surface area contributed by atoms with E-state index >= 15 is 0 Å². The van der Waals surface area contributed by atoms with Crippen LogP contribution in [0.3, 0.4) is 0 Å². The fraction of sp³-hybridized carbons (Fsp3) is 0.391. The molecule has 0 aliphatic rings. The molecule has 7 heteroatoms. The highest BCUT2D eigenvalue weighted by Crippen LogP contribution is 2.28. The fourth-order valence-electron chi connectivity index (χ4n) is 2.82. The van der Waals surface area contributed by atoms with Gasteiger partial charge in [-0.15, -0.1) is 0 Å². The van der Waals surface area contributed by atoms with Crippen molar-refractivity contribution in [3.63, 3.8) is 0 Å². The first-order valence-corrected chi connectivity index (χ1v) is 9.80. The van der Waals surface area contributed by atoms with Crippen molar-refractivity contribution in [2.24, 2.45) is 0 Å². The minimum atomic E-state index is -0.554. The molecule has 1 amide bonds. The van der Waals surface area contributed by atoms with Crippen LogP contribution < -0.4 is 14.2 Å². The molecule has 0 aliphatic heterocycles. The Hall–Kier alpha value is -3.22. The monoisotopic (exact) mass is 415 g/mol. The summed E-state index contributed by atoms with van der Waals surface area (Å²) < 4.78 is 21.3. The van der Waals surface area contributed by atoms with Crippen LogP contribution in [-0.2, 0) is 16.1 Å². The zero-order chi connectivity index (χ0) is 22.1. The van der Waals surface area contributed by atoms with Crippen molar-refractivity contribution in [3.8, 4) is 17.2 Å². The van der Waals surface area contributed by atoms with Gasteiger partial charge in [0.2, 0.25) is 0 Å².